The van der Waals surface area contributed by atoms with Crippen molar-refractivity contribution < 1.29 is 19.0 Å². The Morgan fingerprint density at radius 3 is 2.38 bits per heavy atom. The molecule has 4 aromatic rings. The normalized spacial score (nSPS) is 14.4. The molecule has 0 bridgehead atoms. The predicted molar refractivity (Wildman–Crippen MR) is 149 cm³/mol. The second kappa shape index (κ2) is 11.3. The summed E-state index contributed by atoms with van der Waals surface area (Å²) in [5.74, 6) is 2.42. The van der Waals surface area contributed by atoms with Crippen molar-refractivity contribution in [2.45, 2.75) is 33.4 Å². The minimum Gasteiger partial charge on any atom is -0.494 e. The molecule has 3 aromatic carbocycles. The summed E-state index contributed by atoms with van der Waals surface area (Å²) in [6, 6.07) is 22.5. The number of ether oxygens (including phenoxy) is 3. The molecule has 0 radical (unpaired) electrons. The average molecular weight is 526 g/mol. The van der Waals surface area contributed by atoms with Gasteiger partial charge in [0.25, 0.3) is 0 Å². The summed E-state index contributed by atoms with van der Waals surface area (Å²) < 4.78 is 19.3. The van der Waals surface area contributed by atoms with Crippen LogP contribution >= 0.6 is 0 Å². The summed E-state index contributed by atoms with van der Waals surface area (Å²) in [6.07, 6.45) is 0. The second-order valence-corrected chi connectivity index (χ2v) is 9.00. The number of nitrogens with one attached hydrogen (secondary N) is 1. The molecule has 0 fully saturated rings. The summed E-state index contributed by atoms with van der Waals surface area (Å²) in [5.41, 5.74) is 9.52. The number of amides is 1. The molecular formula is C30H31N5O4. The first kappa shape index (κ1) is 25.8. The number of carbonyl (C=O) groups is 1. The Morgan fingerprint density at radius 2 is 1.69 bits per heavy atom. The molecule has 2 heterocycles. The van der Waals surface area contributed by atoms with Gasteiger partial charge in [0.05, 0.1) is 18.8 Å². The maximum Gasteiger partial charge on any atom is 0.248 e. The molecule has 9 heteroatoms. The van der Waals surface area contributed by atoms with E-state index in [2.05, 4.69) is 5.32 Å². The van der Waals surface area contributed by atoms with E-state index in [1.807, 2.05) is 93.6 Å². The van der Waals surface area contributed by atoms with Crippen molar-refractivity contribution >= 4 is 11.9 Å². The summed E-state index contributed by atoms with van der Waals surface area (Å²) in [6.45, 7) is 7.10. The first-order valence-electron chi connectivity index (χ1n) is 12.9. The highest BCUT2D eigenvalue weighted by Crippen LogP contribution is 2.39. The van der Waals surface area contributed by atoms with Crippen molar-refractivity contribution in [3.63, 3.8) is 0 Å². The van der Waals surface area contributed by atoms with Crippen LogP contribution in [0.25, 0.3) is 11.4 Å². The van der Waals surface area contributed by atoms with Crippen molar-refractivity contribution in [1.82, 2.24) is 14.8 Å². The molecule has 0 spiro atoms. The molecule has 5 rings (SSSR count). The molecule has 0 saturated heterocycles. The summed E-state index contributed by atoms with van der Waals surface area (Å²) in [5, 5.41) is 7.97. The highest BCUT2D eigenvalue weighted by Gasteiger charge is 2.34. The topological polar surface area (TPSA) is 114 Å². The molecule has 1 aliphatic heterocycles. The summed E-state index contributed by atoms with van der Waals surface area (Å²) in [4.78, 5) is 17.4. The smallest absolute Gasteiger partial charge is 0.248 e. The number of aromatic nitrogens is 3. The molecule has 200 valence electrons. The van der Waals surface area contributed by atoms with E-state index in [0.717, 1.165) is 22.4 Å². The lowest BCUT2D eigenvalue weighted by atomic mass is 9.95. The van der Waals surface area contributed by atoms with Crippen LogP contribution in [0, 0.1) is 0 Å². The highest BCUT2D eigenvalue weighted by molar-refractivity contribution is 5.95. The number of nitrogens with two attached hydrogens (primary N) is 1. The molecule has 1 amide bonds. The number of fused-ring (bicyclic) bond motifs is 1. The Kier molecular flexibility index (Phi) is 7.49. The van der Waals surface area contributed by atoms with E-state index in [9.17, 15) is 4.79 Å². The maximum atomic E-state index is 12.7. The van der Waals surface area contributed by atoms with Crippen LogP contribution < -0.4 is 25.3 Å². The van der Waals surface area contributed by atoms with E-state index >= 15 is 0 Å². The van der Waals surface area contributed by atoms with Gasteiger partial charge in [-0.2, -0.15) is 4.98 Å². The van der Waals surface area contributed by atoms with E-state index in [1.54, 1.807) is 4.68 Å². The number of hydrogen-bond acceptors (Lipinski definition) is 7. The fourth-order valence-corrected chi connectivity index (χ4v) is 4.59. The van der Waals surface area contributed by atoms with E-state index in [4.69, 9.17) is 30.0 Å². The minimum absolute atomic E-state index is 0.394. The Labute approximate surface area is 227 Å². The number of benzene rings is 3. The number of rotatable bonds is 10. The first-order valence-corrected chi connectivity index (χ1v) is 12.9. The quantitative estimate of drug-likeness (QED) is 0.296. The van der Waals surface area contributed by atoms with Gasteiger partial charge in [-0.05, 0) is 68.3 Å². The van der Waals surface area contributed by atoms with Gasteiger partial charge >= 0.3 is 0 Å². The number of nitrogens with zero attached hydrogens (tertiary/aromatic N) is 3. The predicted octanol–water partition coefficient (Wildman–Crippen LogP) is 5.10. The molecule has 3 N–H and O–H groups in total. The summed E-state index contributed by atoms with van der Waals surface area (Å²) in [7, 11) is 0. The highest BCUT2D eigenvalue weighted by atomic mass is 16.5. The van der Waals surface area contributed by atoms with Crippen molar-refractivity contribution in [2.24, 2.45) is 5.73 Å². The third-order valence-electron chi connectivity index (χ3n) is 6.36. The van der Waals surface area contributed by atoms with Crippen molar-refractivity contribution in [1.29, 1.82) is 0 Å². The van der Waals surface area contributed by atoms with Crippen molar-refractivity contribution in [2.75, 3.05) is 18.5 Å². The number of carbonyl (C=O) groups excluding carboxylic acids is 1. The first-order chi connectivity index (χ1) is 19.0. The lowest BCUT2D eigenvalue weighted by Gasteiger charge is -2.28. The van der Waals surface area contributed by atoms with Crippen LogP contribution in [0.1, 0.15) is 37.9 Å². The van der Waals surface area contributed by atoms with Gasteiger partial charge in [0.15, 0.2) is 17.3 Å². The van der Waals surface area contributed by atoms with Crippen molar-refractivity contribution in [3.05, 3.63) is 95.2 Å². The number of hydrogen-bond donors (Lipinski definition) is 2. The van der Waals surface area contributed by atoms with E-state index in [-0.39, 0.29) is 0 Å². The van der Waals surface area contributed by atoms with Gasteiger partial charge in [0.2, 0.25) is 11.9 Å². The van der Waals surface area contributed by atoms with Crippen LogP contribution in [0.5, 0.6) is 17.2 Å². The zero-order chi connectivity index (χ0) is 27.4. The molecule has 1 unspecified atom stereocenters. The Balaban J connectivity index is 1.52. The standard InChI is InChI=1S/C30H31N5O4/c1-4-37-23-14-11-21(12-15-23)29-33-30-32-19(3)26(28(31)36)27(35(30)34-29)22-13-16-24(25(17-22)38-5-2)39-18-20-9-7-6-8-10-20/h6-17,27H,4-5,18H2,1-3H3,(H2,31,36)(H,32,33,34). The lowest BCUT2D eigenvalue weighted by Crippen LogP contribution is -2.31. The van der Waals surface area contributed by atoms with Gasteiger partial charge in [-0.1, -0.05) is 36.4 Å². The number of allylic oxidation sites excluding steroid dienone is 1. The Morgan fingerprint density at radius 1 is 0.949 bits per heavy atom. The minimum atomic E-state index is -0.606. The lowest BCUT2D eigenvalue weighted by molar-refractivity contribution is -0.115. The second-order valence-electron chi connectivity index (χ2n) is 9.00. The Hall–Kier alpha value is -4.79. The SMILES string of the molecule is CCOc1ccc(-c2nc3n(n2)C(c2ccc(OCc4ccccc4)c(OCC)c2)C(C(N)=O)=C(C)N3)cc1. The third kappa shape index (κ3) is 5.43. The molecule has 39 heavy (non-hydrogen) atoms. The molecule has 1 atom stereocenters. The van der Waals surface area contributed by atoms with E-state index in [0.29, 0.717) is 54.4 Å². The fourth-order valence-electron chi connectivity index (χ4n) is 4.59. The van der Waals surface area contributed by atoms with Gasteiger partial charge < -0.3 is 25.3 Å². The number of primary amides is 1. The van der Waals surface area contributed by atoms with Gasteiger partial charge in [0, 0.05) is 11.3 Å². The van der Waals surface area contributed by atoms with Crippen LogP contribution in [-0.4, -0.2) is 33.9 Å². The summed E-state index contributed by atoms with van der Waals surface area (Å²) >= 11 is 0. The molecule has 0 saturated carbocycles. The Bertz CT molecular complexity index is 1500. The van der Waals surface area contributed by atoms with E-state index in [1.165, 1.54) is 0 Å². The molecule has 9 nitrogen and oxygen atoms in total. The van der Waals surface area contributed by atoms with Gasteiger partial charge in [0.1, 0.15) is 18.4 Å². The molecule has 1 aromatic heterocycles. The van der Waals surface area contributed by atoms with E-state index < -0.39 is 11.9 Å². The average Bonchev–Trinajstić information content (AvgIpc) is 3.36. The van der Waals surface area contributed by atoms with Crippen LogP contribution in [0.2, 0.25) is 0 Å². The van der Waals surface area contributed by atoms with Gasteiger partial charge in [-0.15, -0.1) is 5.10 Å². The van der Waals surface area contributed by atoms with Crippen molar-refractivity contribution in [3.8, 4) is 28.6 Å². The molecule has 1 aliphatic rings. The largest absolute Gasteiger partial charge is 0.494 e. The number of anilines is 1. The van der Waals surface area contributed by atoms with Crippen LogP contribution in [0.15, 0.2) is 84.1 Å². The van der Waals surface area contributed by atoms with Gasteiger partial charge in [-0.25, -0.2) is 4.68 Å². The zero-order valence-electron chi connectivity index (χ0n) is 22.2. The third-order valence-corrected chi connectivity index (χ3v) is 6.36. The maximum absolute atomic E-state index is 12.7. The monoisotopic (exact) mass is 525 g/mol. The van der Waals surface area contributed by atoms with Crippen LogP contribution in [0.3, 0.4) is 0 Å². The molecular weight excluding hydrogens is 494 g/mol. The van der Waals surface area contributed by atoms with Gasteiger partial charge in [-0.3, -0.25) is 4.79 Å². The molecule has 0 aliphatic carbocycles. The fraction of sp³-hybridized carbons (Fsp3) is 0.233. The van der Waals surface area contributed by atoms with Crippen LogP contribution in [0.4, 0.5) is 5.95 Å². The van der Waals surface area contributed by atoms with Crippen LogP contribution in [-0.2, 0) is 11.4 Å². The zero-order valence-corrected chi connectivity index (χ0v) is 22.2.